The van der Waals surface area contributed by atoms with Crippen LogP contribution in [-0.4, -0.2) is 36.6 Å². The molecule has 196 valence electrons. The molecule has 0 fully saturated rings. The Morgan fingerprint density at radius 1 is 0.921 bits per heavy atom. The Labute approximate surface area is 223 Å². The molecule has 3 aromatic rings. The zero-order chi connectivity index (χ0) is 27.2. The van der Waals surface area contributed by atoms with Crippen LogP contribution in [0, 0.1) is 6.92 Å². The van der Waals surface area contributed by atoms with Crippen LogP contribution in [0.25, 0.3) is 0 Å². The molecule has 2 N–H and O–H groups in total. The number of hydrogen-bond donors (Lipinski definition) is 2. The van der Waals surface area contributed by atoms with Crippen molar-refractivity contribution in [3.05, 3.63) is 81.2 Å². The number of amides is 2. The van der Waals surface area contributed by atoms with Crippen molar-refractivity contribution in [3.63, 3.8) is 0 Å². The summed E-state index contributed by atoms with van der Waals surface area (Å²) in [4.78, 5) is 51.1. The number of ether oxygens (including phenoxy) is 2. The number of nitrogens with one attached hydrogen (secondary N) is 2. The second kappa shape index (κ2) is 11.8. The number of methoxy groups -OCH3 is 1. The number of thiophene rings is 1. The number of carbonyl (C=O) groups excluding carboxylic acids is 4. The van der Waals surface area contributed by atoms with Crippen molar-refractivity contribution in [3.8, 4) is 5.75 Å². The number of anilines is 1. The van der Waals surface area contributed by atoms with Gasteiger partial charge in [0.15, 0.2) is 0 Å². The van der Waals surface area contributed by atoms with Gasteiger partial charge < -0.3 is 14.8 Å². The van der Waals surface area contributed by atoms with E-state index in [2.05, 4.69) is 15.8 Å². The lowest BCUT2D eigenvalue weighted by molar-refractivity contribution is -0.136. The van der Waals surface area contributed by atoms with Crippen LogP contribution < -0.4 is 15.5 Å². The minimum atomic E-state index is -1.01. The first-order valence-corrected chi connectivity index (χ1v) is 12.9. The van der Waals surface area contributed by atoms with Crippen LogP contribution in [0.1, 0.15) is 62.0 Å². The van der Waals surface area contributed by atoms with E-state index in [0.717, 1.165) is 41.7 Å². The van der Waals surface area contributed by atoms with Crippen molar-refractivity contribution >= 4 is 45.8 Å². The van der Waals surface area contributed by atoms with Gasteiger partial charge in [0.1, 0.15) is 10.8 Å². The number of carbonyl (C=O) groups is 4. The number of para-hydroxylation sites is 1. The van der Waals surface area contributed by atoms with Gasteiger partial charge in [-0.05, 0) is 69.4 Å². The standard InChI is InChI=1S/C28H27N3O6S/c1-16-12-14-18(15-13-16)27(34)37-21-10-6-4-8-19(21)17(2)30-31-25(33)24(32)29-26-23(28(35)36-3)20-9-5-7-11-22(20)38-26/h4,6,8,10,12-15H,5,7,9,11H2,1-3H3,(H,29,32)(H,31,33). The molecule has 38 heavy (non-hydrogen) atoms. The van der Waals surface area contributed by atoms with E-state index < -0.39 is 23.8 Å². The topological polar surface area (TPSA) is 123 Å². The third-order valence-corrected chi connectivity index (χ3v) is 7.29. The van der Waals surface area contributed by atoms with E-state index in [9.17, 15) is 19.2 Å². The summed E-state index contributed by atoms with van der Waals surface area (Å²) in [6.45, 7) is 3.53. The number of nitrogens with zero attached hydrogens (tertiary/aromatic N) is 1. The summed E-state index contributed by atoms with van der Waals surface area (Å²) in [7, 11) is 1.28. The third kappa shape index (κ3) is 5.97. The second-order valence-electron chi connectivity index (χ2n) is 8.75. The van der Waals surface area contributed by atoms with Gasteiger partial charge in [-0.25, -0.2) is 15.0 Å². The van der Waals surface area contributed by atoms with Gasteiger partial charge in [-0.2, -0.15) is 5.10 Å². The summed E-state index contributed by atoms with van der Waals surface area (Å²) in [5.74, 6) is -2.81. The molecule has 1 aliphatic rings. The fraction of sp³-hybridized carbons (Fsp3) is 0.250. The molecule has 4 rings (SSSR count). The lowest BCUT2D eigenvalue weighted by atomic mass is 9.95. The largest absolute Gasteiger partial charge is 0.465 e. The Hall–Kier alpha value is -4.31. The van der Waals surface area contributed by atoms with Gasteiger partial charge in [0, 0.05) is 10.4 Å². The highest BCUT2D eigenvalue weighted by Crippen LogP contribution is 2.38. The number of hydrazone groups is 1. The van der Waals surface area contributed by atoms with E-state index in [4.69, 9.17) is 9.47 Å². The molecular formula is C28H27N3O6S. The van der Waals surface area contributed by atoms with E-state index in [-0.39, 0.29) is 10.8 Å². The quantitative estimate of drug-likeness (QED) is 0.159. The molecule has 1 heterocycles. The molecule has 2 aromatic carbocycles. The van der Waals surface area contributed by atoms with Crippen LogP contribution in [0.4, 0.5) is 5.00 Å². The monoisotopic (exact) mass is 533 g/mol. The molecule has 0 aliphatic heterocycles. The van der Waals surface area contributed by atoms with E-state index in [1.807, 2.05) is 19.1 Å². The zero-order valence-corrected chi connectivity index (χ0v) is 22.1. The van der Waals surface area contributed by atoms with E-state index in [1.165, 1.54) is 18.4 Å². The number of fused-ring (bicyclic) bond motifs is 1. The molecule has 0 bridgehead atoms. The normalized spacial score (nSPS) is 12.8. The fourth-order valence-electron chi connectivity index (χ4n) is 4.08. The Morgan fingerprint density at radius 2 is 1.63 bits per heavy atom. The molecular weight excluding hydrogens is 506 g/mol. The van der Waals surface area contributed by atoms with Gasteiger partial charge >= 0.3 is 23.8 Å². The van der Waals surface area contributed by atoms with Crippen molar-refractivity contribution in [2.75, 3.05) is 12.4 Å². The summed E-state index contributed by atoms with van der Waals surface area (Å²) < 4.78 is 10.5. The molecule has 0 saturated carbocycles. The van der Waals surface area contributed by atoms with Gasteiger partial charge in [0.2, 0.25) is 0 Å². The van der Waals surface area contributed by atoms with Crippen molar-refractivity contribution in [2.45, 2.75) is 39.5 Å². The van der Waals surface area contributed by atoms with Gasteiger partial charge in [0.25, 0.3) is 0 Å². The van der Waals surface area contributed by atoms with Crippen molar-refractivity contribution in [1.29, 1.82) is 0 Å². The van der Waals surface area contributed by atoms with Gasteiger partial charge in [-0.3, -0.25) is 9.59 Å². The van der Waals surface area contributed by atoms with Crippen LogP contribution in [0.5, 0.6) is 5.75 Å². The predicted octanol–water partition coefficient (Wildman–Crippen LogP) is 4.42. The van der Waals surface area contributed by atoms with Crippen molar-refractivity contribution in [2.24, 2.45) is 5.10 Å². The Kier molecular flexibility index (Phi) is 8.32. The number of rotatable bonds is 6. The summed E-state index contributed by atoms with van der Waals surface area (Å²) in [5, 5.41) is 6.85. The lowest BCUT2D eigenvalue weighted by Gasteiger charge is -2.11. The molecule has 1 aliphatic carbocycles. The first-order chi connectivity index (χ1) is 18.3. The smallest absolute Gasteiger partial charge is 0.343 e. The van der Waals surface area contributed by atoms with Crippen LogP contribution in [0.2, 0.25) is 0 Å². The first kappa shape index (κ1) is 26.7. The molecule has 1 aromatic heterocycles. The third-order valence-electron chi connectivity index (χ3n) is 6.09. The summed E-state index contributed by atoms with van der Waals surface area (Å²) >= 11 is 1.28. The molecule has 9 nitrogen and oxygen atoms in total. The molecule has 2 amide bonds. The average molecular weight is 534 g/mol. The number of esters is 2. The number of hydrogen-bond acceptors (Lipinski definition) is 8. The van der Waals surface area contributed by atoms with E-state index >= 15 is 0 Å². The summed E-state index contributed by atoms with van der Waals surface area (Å²) in [6, 6.07) is 13.7. The minimum absolute atomic E-state index is 0.255. The highest BCUT2D eigenvalue weighted by atomic mass is 32.1. The molecule has 10 heteroatoms. The van der Waals surface area contributed by atoms with Crippen LogP contribution >= 0.6 is 11.3 Å². The number of aryl methyl sites for hydroxylation is 2. The highest BCUT2D eigenvalue weighted by Gasteiger charge is 2.28. The predicted molar refractivity (Wildman–Crippen MR) is 144 cm³/mol. The highest BCUT2D eigenvalue weighted by molar-refractivity contribution is 7.17. The maximum atomic E-state index is 12.6. The first-order valence-electron chi connectivity index (χ1n) is 12.0. The maximum Gasteiger partial charge on any atom is 0.343 e. The fourth-order valence-corrected chi connectivity index (χ4v) is 5.35. The summed E-state index contributed by atoms with van der Waals surface area (Å²) in [5.41, 5.74) is 5.60. The molecule has 0 spiro atoms. The Morgan fingerprint density at radius 3 is 2.37 bits per heavy atom. The Bertz CT molecular complexity index is 1420. The van der Waals surface area contributed by atoms with Crippen LogP contribution in [0.15, 0.2) is 53.6 Å². The van der Waals surface area contributed by atoms with Crippen molar-refractivity contribution in [1.82, 2.24) is 5.43 Å². The maximum absolute atomic E-state index is 12.6. The molecule has 0 radical (unpaired) electrons. The van der Waals surface area contributed by atoms with Gasteiger partial charge in [0.05, 0.1) is 23.9 Å². The lowest BCUT2D eigenvalue weighted by Crippen LogP contribution is -2.33. The van der Waals surface area contributed by atoms with Crippen LogP contribution in [0.3, 0.4) is 0 Å². The van der Waals surface area contributed by atoms with Gasteiger partial charge in [-0.1, -0.05) is 29.8 Å². The van der Waals surface area contributed by atoms with E-state index in [0.29, 0.717) is 22.4 Å². The Balaban J connectivity index is 1.45. The SMILES string of the molecule is COC(=O)c1c(NC(=O)C(=O)NN=C(C)c2ccccc2OC(=O)c2ccc(C)cc2)sc2c1CCCC2. The molecule has 0 saturated heterocycles. The minimum Gasteiger partial charge on any atom is -0.465 e. The number of benzene rings is 2. The summed E-state index contributed by atoms with van der Waals surface area (Å²) in [6.07, 6.45) is 3.47. The second-order valence-corrected chi connectivity index (χ2v) is 9.86. The molecule has 0 unspecified atom stereocenters. The van der Waals surface area contributed by atoms with Crippen LogP contribution in [-0.2, 0) is 27.2 Å². The average Bonchev–Trinajstić information content (AvgIpc) is 3.29. The molecule has 0 atom stereocenters. The van der Waals surface area contributed by atoms with Crippen molar-refractivity contribution < 1.29 is 28.7 Å². The van der Waals surface area contributed by atoms with Gasteiger partial charge in [-0.15, -0.1) is 11.3 Å². The zero-order valence-electron chi connectivity index (χ0n) is 21.3. The van der Waals surface area contributed by atoms with E-state index in [1.54, 1.807) is 43.3 Å².